The summed E-state index contributed by atoms with van der Waals surface area (Å²) in [6, 6.07) is 13.2. The van der Waals surface area contributed by atoms with Gasteiger partial charge in [-0.2, -0.15) is 0 Å². The molecule has 6 heteroatoms. The third-order valence-corrected chi connectivity index (χ3v) is 5.25. The van der Waals surface area contributed by atoms with E-state index in [1.165, 1.54) is 5.01 Å². The molecular formula is C21H26N4O2. The summed E-state index contributed by atoms with van der Waals surface area (Å²) < 4.78 is 0. The molecule has 0 spiro atoms. The Morgan fingerprint density at radius 1 is 1.19 bits per heavy atom. The van der Waals surface area contributed by atoms with Gasteiger partial charge in [0.05, 0.1) is 18.3 Å². The largest absolute Gasteiger partial charge is 0.353 e. The summed E-state index contributed by atoms with van der Waals surface area (Å²) in [6.07, 6.45) is 5.93. The Balaban J connectivity index is 1.60. The number of amides is 2. The van der Waals surface area contributed by atoms with Crippen molar-refractivity contribution in [1.29, 1.82) is 0 Å². The van der Waals surface area contributed by atoms with Crippen molar-refractivity contribution in [3.8, 4) is 0 Å². The molecule has 27 heavy (non-hydrogen) atoms. The molecule has 1 fully saturated rings. The molecule has 1 aromatic heterocycles. The second-order valence-electron chi connectivity index (χ2n) is 7.24. The van der Waals surface area contributed by atoms with Crippen LogP contribution in [-0.4, -0.2) is 22.8 Å². The van der Waals surface area contributed by atoms with Gasteiger partial charge >= 0.3 is 0 Å². The van der Waals surface area contributed by atoms with Gasteiger partial charge in [-0.1, -0.05) is 37.3 Å². The topological polar surface area (TPSA) is 88.3 Å². The van der Waals surface area contributed by atoms with E-state index in [0.717, 1.165) is 18.4 Å². The van der Waals surface area contributed by atoms with Gasteiger partial charge in [-0.25, -0.2) is 10.9 Å². The van der Waals surface area contributed by atoms with Crippen molar-refractivity contribution < 1.29 is 9.59 Å². The molecule has 3 unspecified atom stereocenters. The molecule has 2 amide bonds. The second kappa shape index (κ2) is 8.77. The van der Waals surface area contributed by atoms with E-state index in [1.54, 1.807) is 24.5 Å². The number of pyridine rings is 1. The van der Waals surface area contributed by atoms with Crippen LogP contribution in [0.4, 0.5) is 5.69 Å². The molecule has 3 N–H and O–H groups in total. The molecule has 1 aliphatic rings. The first kappa shape index (κ1) is 19.0. The van der Waals surface area contributed by atoms with Gasteiger partial charge in [-0.05, 0) is 42.9 Å². The monoisotopic (exact) mass is 366 g/mol. The van der Waals surface area contributed by atoms with Crippen molar-refractivity contribution in [1.82, 2.24) is 10.3 Å². The number of anilines is 1. The molecule has 0 aliphatic heterocycles. The van der Waals surface area contributed by atoms with E-state index >= 15 is 0 Å². The molecular weight excluding hydrogens is 340 g/mol. The highest BCUT2D eigenvalue weighted by Gasteiger charge is 2.35. The van der Waals surface area contributed by atoms with Gasteiger partial charge in [0.25, 0.3) is 0 Å². The lowest BCUT2D eigenvalue weighted by molar-refractivity contribution is -0.127. The first-order valence-electron chi connectivity index (χ1n) is 9.36. The molecule has 142 valence electrons. The number of hydrogen-bond donors (Lipinski definition) is 2. The SMILES string of the molecule is CC1CCC(NC(=O)Cc2ccccc2)CC1C(=O)N(N)c1cccnc1. The van der Waals surface area contributed by atoms with Crippen molar-refractivity contribution in [3.05, 3.63) is 60.4 Å². The first-order valence-corrected chi connectivity index (χ1v) is 9.36. The van der Waals surface area contributed by atoms with Gasteiger partial charge in [0.2, 0.25) is 11.8 Å². The number of carbonyl (C=O) groups is 2. The minimum Gasteiger partial charge on any atom is -0.353 e. The van der Waals surface area contributed by atoms with Crippen LogP contribution in [0, 0.1) is 11.8 Å². The minimum atomic E-state index is -0.217. The number of aromatic nitrogens is 1. The molecule has 3 rings (SSSR count). The first-order chi connectivity index (χ1) is 13.0. The van der Waals surface area contributed by atoms with Gasteiger partial charge < -0.3 is 5.32 Å². The third kappa shape index (κ3) is 4.92. The summed E-state index contributed by atoms with van der Waals surface area (Å²) in [5, 5.41) is 4.27. The number of benzene rings is 1. The molecule has 1 aliphatic carbocycles. The van der Waals surface area contributed by atoms with Gasteiger partial charge in [-0.3, -0.25) is 14.6 Å². The smallest absolute Gasteiger partial charge is 0.244 e. The Kier molecular flexibility index (Phi) is 6.19. The van der Waals surface area contributed by atoms with Crippen LogP contribution in [0.5, 0.6) is 0 Å². The van der Waals surface area contributed by atoms with E-state index in [-0.39, 0.29) is 29.7 Å². The summed E-state index contributed by atoms with van der Waals surface area (Å²) >= 11 is 0. The van der Waals surface area contributed by atoms with Crippen LogP contribution >= 0.6 is 0 Å². The summed E-state index contributed by atoms with van der Waals surface area (Å²) in [6.45, 7) is 2.07. The highest BCUT2D eigenvalue weighted by molar-refractivity contribution is 5.94. The van der Waals surface area contributed by atoms with Crippen LogP contribution in [0.15, 0.2) is 54.9 Å². The van der Waals surface area contributed by atoms with Gasteiger partial charge in [-0.15, -0.1) is 0 Å². The van der Waals surface area contributed by atoms with E-state index in [2.05, 4.69) is 17.2 Å². The van der Waals surface area contributed by atoms with Crippen LogP contribution in [0.2, 0.25) is 0 Å². The third-order valence-electron chi connectivity index (χ3n) is 5.25. The zero-order chi connectivity index (χ0) is 19.2. The normalized spacial score (nSPS) is 22.1. The average molecular weight is 366 g/mol. The number of rotatable bonds is 5. The highest BCUT2D eigenvalue weighted by atomic mass is 16.2. The molecule has 0 radical (unpaired) electrons. The summed E-state index contributed by atoms with van der Waals surface area (Å²) in [4.78, 5) is 29.3. The van der Waals surface area contributed by atoms with E-state index < -0.39 is 0 Å². The van der Waals surface area contributed by atoms with Gasteiger partial charge in [0, 0.05) is 18.2 Å². The van der Waals surface area contributed by atoms with E-state index in [0.29, 0.717) is 18.5 Å². The lowest BCUT2D eigenvalue weighted by Crippen LogP contribution is -2.49. The number of hydrazine groups is 1. The number of nitrogens with zero attached hydrogens (tertiary/aromatic N) is 2. The number of carbonyl (C=O) groups excluding carboxylic acids is 2. The maximum Gasteiger partial charge on any atom is 0.244 e. The molecule has 0 saturated heterocycles. The fraction of sp³-hybridized carbons (Fsp3) is 0.381. The van der Waals surface area contributed by atoms with Crippen molar-refractivity contribution in [2.45, 2.75) is 38.6 Å². The molecule has 0 bridgehead atoms. The maximum atomic E-state index is 12.9. The predicted molar refractivity (Wildman–Crippen MR) is 104 cm³/mol. The van der Waals surface area contributed by atoms with E-state index in [1.807, 2.05) is 30.3 Å². The predicted octanol–water partition coefficient (Wildman–Crippen LogP) is 2.45. The maximum absolute atomic E-state index is 12.9. The van der Waals surface area contributed by atoms with Crippen molar-refractivity contribution in [3.63, 3.8) is 0 Å². The Bertz CT molecular complexity index is 766. The van der Waals surface area contributed by atoms with Gasteiger partial charge in [0.15, 0.2) is 0 Å². The minimum absolute atomic E-state index is 0.00587. The number of hydrogen-bond acceptors (Lipinski definition) is 4. The van der Waals surface area contributed by atoms with Crippen molar-refractivity contribution >= 4 is 17.5 Å². The summed E-state index contributed by atoms with van der Waals surface area (Å²) in [5.41, 5.74) is 1.56. The molecule has 1 aromatic carbocycles. The number of nitrogens with one attached hydrogen (secondary N) is 1. The van der Waals surface area contributed by atoms with Crippen molar-refractivity contribution in [2.75, 3.05) is 5.01 Å². The zero-order valence-corrected chi connectivity index (χ0v) is 15.5. The van der Waals surface area contributed by atoms with E-state index in [4.69, 9.17) is 5.84 Å². The quantitative estimate of drug-likeness (QED) is 0.483. The zero-order valence-electron chi connectivity index (χ0n) is 15.5. The Morgan fingerprint density at radius 2 is 1.96 bits per heavy atom. The van der Waals surface area contributed by atoms with Crippen LogP contribution in [0.1, 0.15) is 31.7 Å². The fourth-order valence-electron chi connectivity index (χ4n) is 3.66. The van der Waals surface area contributed by atoms with E-state index in [9.17, 15) is 9.59 Å². The molecule has 6 nitrogen and oxygen atoms in total. The second-order valence-corrected chi connectivity index (χ2v) is 7.24. The van der Waals surface area contributed by atoms with Crippen molar-refractivity contribution in [2.24, 2.45) is 17.7 Å². The van der Waals surface area contributed by atoms with Gasteiger partial charge in [0.1, 0.15) is 0 Å². The lowest BCUT2D eigenvalue weighted by atomic mass is 9.77. The highest BCUT2D eigenvalue weighted by Crippen LogP contribution is 2.32. The fourth-order valence-corrected chi connectivity index (χ4v) is 3.66. The Labute approximate surface area is 159 Å². The van der Waals surface area contributed by atoms with Crippen LogP contribution < -0.4 is 16.2 Å². The Hall–Kier alpha value is -2.73. The van der Waals surface area contributed by atoms with Crippen LogP contribution in [-0.2, 0) is 16.0 Å². The average Bonchev–Trinajstić information content (AvgIpc) is 2.69. The molecule has 1 saturated carbocycles. The number of nitrogens with two attached hydrogens (primary N) is 1. The lowest BCUT2D eigenvalue weighted by Gasteiger charge is -2.35. The summed E-state index contributed by atoms with van der Waals surface area (Å²) in [5.74, 6) is 5.91. The molecule has 1 heterocycles. The molecule has 2 aromatic rings. The van der Waals surface area contributed by atoms with Crippen LogP contribution in [0.3, 0.4) is 0 Å². The van der Waals surface area contributed by atoms with Crippen LogP contribution in [0.25, 0.3) is 0 Å². The summed E-state index contributed by atoms with van der Waals surface area (Å²) in [7, 11) is 0. The molecule has 3 atom stereocenters. The standard InChI is InChI=1S/C21H26N4O2/c1-15-9-10-17(24-20(26)12-16-6-3-2-4-7-16)13-19(15)21(27)25(22)18-8-5-11-23-14-18/h2-8,11,14-15,17,19H,9-10,12-13,22H2,1H3,(H,24,26). The Morgan fingerprint density at radius 3 is 2.67 bits per heavy atom.